The molecule has 2 aromatic heterocycles. The molecule has 1 aliphatic heterocycles. The van der Waals surface area contributed by atoms with Crippen molar-refractivity contribution >= 4 is 23.0 Å². The van der Waals surface area contributed by atoms with Crippen molar-refractivity contribution in [3.8, 4) is 11.1 Å². The van der Waals surface area contributed by atoms with Gasteiger partial charge in [-0.2, -0.15) is 0 Å². The molecule has 0 bridgehead atoms. The van der Waals surface area contributed by atoms with Crippen LogP contribution in [0.2, 0.25) is 0 Å². The third kappa shape index (κ3) is 7.10. The average Bonchev–Trinajstić information content (AvgIpc) is 3.36. The molecule has 2 amide bonds. The van der Waals surface area contributed by atoms with Gasteiger partial charge in [0.25, 0.3) is 0 Å². The van der Waals surface area contributed by atoms with Crippen LogP contribution >= 0.6 is 0 Å². The molecule has 9 nitrogen and oxygen atoms in total. The molecule has 0 spiro atoms. The highest BCUT2D eigenvalue weighted by atomic mass is 16.5. The number of ether oxygens (including phenoxy) is 1. The number of hydrogen-bond donors (Lipinski definition) is 2. The Hall–Kier alpha value is -4.24. The number of fused-ring (bicyclic) bond motifs is 1. The fourth-order valence-corrected chi connectivity index (χ4v) is 5.75. The molecule has 3 heterocycles. The molecule has 1 saturated heterocycles. The predicted octanol–water partition coefficient (Wildman–Crippen LogP) is 5.11. The van der Waals surface area contributed by atoms with Crippen molar-refractivity contribution < 1.29 is 19.4 Å². The zero-order valence-electron chi connectivity index (χ0n) is 23.4. The highest BCUT2D eigenvalue weighted by molar-refractivity contribution is 5.78. The number of methoxy groups -OCH3 is 1. The van der Waals surface area contributed by atoms with Gasteiger partial charge in [0.2, 0.25) is 5.91 Å². The molecule has 0 saturated carbocycles. The summed E-state index contributed by atoms with van der Waals surface area (Å²) in [5, 5.41) is 12.1. The summed E-state index contributed by atoms with van der Waals surface area (Å²) in [4.78, 5) is 36.2. The van der Waals surface area contributed by atoms with Crippen molar-refractivity contribution in [1.82, 2.24) is 24.8 Å². The number of hydrogen-bond acceptors (Lipinski definition) is 5. The van der Waals surface area contributed by atoms with Crippen LogP contribution in [-0.2, 0) is 22.5 Å². The number of carbonyl (C=O) groups excluding carboxylic acids is 1. The molecule has 0 unspecified atom stereocenters. The van der Waals surface area contributed by atoms with E-state index in [1.165, 1.54) is 0 Å². The van der Waals surface area contributed by atoms with Gasteiger partial charge in [-0.05, 0) is 48.4 Å². The SMILES string of the molecule is COCCCn1c([C@@H]2CCCN(C(=O)C[C@@H](Cc3ccc(-c4ccccc4)cc3)NC(=O)O)C2)nc2ccncc21. The second-order valence-corrected chi connectivity index (χ2v) is 10.6. The number of nitrogens with one attached hydrogen (secondary N) is 1. The Morgan fingerprint density at radius 2 is 1.88 bits per heavy atom. The third-order valence-electron chi connectivity index (χ3n) is 7.74. The van der Waals surface area contributed by atoms with E-state index in [9.17, 15) is 14.7 Å². The minimum atomic E-state index is -1.13. The van der Waals surface area contributed by atoms with E-state index in [4.69, 9.17) is 9.72 Å². The van der Waals surface area contributed by atoms with Gasteiger partial charge in [-0.15, -0.1) is 0 Å². The second-order valence-electron chi connectivity index (χ2n) is 10.6. The highest BCUT2D eigenvalue weighted by Crippen LogP contribution is 2.30. The Bertz CT molecular complexity index is 1450. The van der Waals surface area contributed by atoms with Gasteiger partial charge in [-0.25, -0.2) is 9.78 Å². The molecule has 4 aromatic rings. The molecule has 9 heteroatoms. The molecule has 1 fully saturated rings. The van der Waals surface area contributed by atoms with Gasteiger partial charge in [0.1, 0.15) is 5.82 Å². The fraction of sp³-hybridized carbons (Fsp3) is 0.375. The predicted molar refractivity (Wildman–Crippen MR) is 158 cm³/mol. The molecule has 41 heavy (non-hydrogen) atoms. The summed E-state index contributed by atoms with van der Waals surface area (Å²) in [6, 6.07) is 19.6. The quantitative estimate of drug-likeness (QED) is 0.249. The van der Waals surface area contributed by atoms with Gasteiger partial charge >= 0.3 is 6.09 Å². The van der Waals surface area contributed by atoms with Gasteiger partial charge in [0.15, 0.2) is 0 Å². The maximum atomic E-state index is 13.5. The van der Waals surface area contributed by atoms with Gasteiger partial charge in [0.05, 0.1) is 17.2 Å². The van der Waals surface area contributed by atoms with E-state index in [-0.39, 0.29) is 18.2 Å². The largest absolute Gasteiger partial charge is 0.465 e. The molecule has 2 aromatic carbocycles. The number of amides is 2. The number of carboxylic acid groups (broad SMARTS) is 1. The smallest absolute Gasteiger partial charge is 0.404 e. The van der Waals surface area contributed by atoms with Gasteiger partial charge in [0, 0.05) is 57.9 Å². The van der Waals surface area contributed by atoms with E-state index in [2.05, 4.69) is 27.0 Å². The Labute approximate surface area is 240 Å². The molecule has 2 atom stereocenters. The molecule has 214 valence electrons. The number of aryl methyl sites for hydroxylation is 1. The summed E-state index contributed by atoms with van der Waals surface area (Å²) in [6.07, 6.45) is 5.68. The van der Waals surface area contributed by atoms with Crippen LogP contribution in [0.15, 0.2) is 73.1 Å². The van der Waals surface area contributed by atoms with Crippen molar-refractivity contribution in [1.29, 1.82) is 0 Å². The van der Waals surface area contributed by atoms with Crippen LogP contribution in [0.1, 0.15) is 43.0 Å². The maximum Gasteiger partial charge on any atom is 0.404 e. The zero-order valence-corrected chi connectivity index (χ0v) is 23.4. The minimum absolute atomic E-state index is 0.0435. The standard InChI is InChI=1S/C32H37N5O4/c1-41-18-6-17-37-29-21-33-15-14-28(29)35-31(37)26-9-5-16-36(22-26)30(38)20-27(34-32(39)40)19-23-10-12-25(13-11-23)24-7-3-2-4-8-24/h2-4,7-8,10-15,21,26-27,34H,5-6,9,16-20,22H2,1H3,(H,39,40)/t26-,27-/m1/s1. The number of likely N-dealkylation sites (tertiary alicyclic amines) is 1. The lowest BCUT2D eigenvalue weighted by molar-refractivity contribution is -0.132. The monoisotopic (exact) mass is 555 g/mol. The summed E-state index contributed by atoms with van der Waals surface area (Å²) < 4.78 is 7.49. The van der Waals surface area contributed by atoms with E-state index in [1.807, 2.05) is 59.6 Å². The normalized spacial score (nSPS) is 16.0. The van der Waals surface area contributed by atoms with Crippen LogP contribution in [-0.4, -0.2) is 69.4 Å². The number of piperidine rings is 1. The number of carbonyl (C=O) groups is 2. The average molecular weight is 556 g/mol. The maximum absolute atomic E-state index is 13.5. The first-order valence-corrected chi connectivity index (χ1v) is 14.2. The van der Waals surface area contributed by atoms with E-state index in [1.54, 1.807) is 13.3 Å². The summed E-state index contributed by atoms with van der Waals surface area (Å²) in [5.41, 5.74) is 5.09. The molecule has 1 aliphatic rings. The van der Waals surface area contributed by atoms with Crippen LogP contribution in [0.3, 0.4) is 0 Å². The summed E-state index contributed by atoms with van der Waals surface area (Å²) in [5.74, 6) is 1.03. The van der Waals surface area contributed by atoms with Crippen LogP contribution in [0.4, 0.5) is 4.79 Å². The highest BCUT2D eigenvalue weighted by Gasteiger charge is 2.30. The van der Waals surface area contributed by atoms with Gasteiger partial charge < -0.3 is 24.6 Å². The lowest BCUT2D eigenvalue weighted by Gasteiger charge is -2.33. The lowest BCUT2D eigenvalue weighted by Crippen LogP contribution is -2.44. The number of rotatable bonds is 11. The summed E-state index contributed by atoms with van der Waals surface area (Å²) in [7, 11) is 1.70. The number of nitrogens with zero attached hydrogens (tertiary/aromatic N) is 4. The number of benzene rings is 2. The topological polar surface area (TPSA) is 110 Å². The van der Waals surface area contributed by atoms with Crippen molar-refractivity contribution in [2.45, 2.75) is 50.6 Å². The molecule has 0 radical (unpaired) electrons. The Morgan fingerprint density at radius 3 is 2.63 bits per heavy atom. The minimum Gasteiger partial charge on any atom is -0.465 e. The molecule has 2 N–H and O–H groups in total. The van der Waals surface area contributed by atoms with Gasteiger partial charge in [-0.3, -0.25) is 9.78 Å². The lowest BCUT2D eigenvalue weighted by atomic mass is 9.95. The van der Waals surface area contributed by atoms with E-state index in [0.29, 0.717) is 26.1 Å². The van der Waals surface area contributed by atoms with Crippen molar-refractivity contribution in [3.63, 3.8) is 0 Å². The first-order valence-electron chi connectivity index (χ1n) is 14.2. The zero-order chi connectivity index (χ0) is 28.6. The fourth-order valence-electron chi connectivity index (χ4n) is 5.75. The van der Waals surface area contributed by atoms with Crippen molar-refractivity contribution in [2.75, 3.05) is 26.8 Å². The van der Waals surface area contributed by atoms with Crippen molar-refractivity contribution in [3.05, 3.63) is 84.4 Å². The molecule has 0 aliphatic carbocycles. The number of aromatic nitrogens is 3. The second kappa shape index (κ2) is 13.4. The summed E-state index contributed by atoms with van der Waals surface area (Å²) in [6.45, 7) is 2.64. The van der Waals surface area contributed by atoms with Gasteiger partial charge in [-0.1, -0.05) is 54.6 Å². The van der Waals surface area contributed by atoms with Crippen LogP contribution in [0.25, 0.3) is 22.2 Å². The first kappa shape index (κ1) is 28.3. The van der Waals surface area contributed by atoms with E-state index >= 15 is 0 Å². The van der Waals surface area contributed by atoms with Crippen LogP contribution < -0.4 is 5.32 Å². The summed E-state index contributed by atoms with van der Waals surface area (Å²) >= 11 is 0. The molecule has 5 rings (SSSR count). The van der Waals surface area contributed by atoms with Crippen molar-refractivity contribution in [2.24, 2.45) is 0 Å². The van der Waals surface area contributed by atoms with E-state index < -0.39 is 12.1 Å². The number of pyridine rings is 1. The molecular formula is C32H37N5O4. The Morgan fingerprint density at radius 1 is 1.10 bits per heavy atom. The number of imidazole rings is 1. The molecular weight excluding hydrogens is 518 g/mol. The third-order valence-corrected chi connectivity index (χ3v) is 7.74. The Kier molecular flexibility index (Phi) is 9.26. The van der Waals surface area contributed by atoms with Crippen LogP contribution in [0.5, 0.6) is 0 Å². The Balaban J connectivity index is 1.27. The van der Waals surface area contributed by atoms with Crippen LogP contribution in [0, 0.1) is 0 Å². The van der Waals surface area contributed by atoms with E-state index in [0.717, 1.165) is 59.4 Å². The first-order chi connectivity index (χ1) is 20.0.